The van der Waals surface area contributed by atoms with Gasteiger partial charge in [0.15, 0.2) is 5.96 Å². The number of aliphatic hydroxyl groups is 2. The number of nitrogens with one attached hydrogen (secondary N) is 1. The quantitative estimate of drug-likeness (QED) is 0.120. The molecule has 4 saturated carbocycles. The molecule has 0 aromatic heterocycles. The third kappa shape index (κ3) is 4.65. The van der Waals surface area contributed by atoms with Crippen LogP contribution >= 0.6 is 0 Å². The highest BCUT2D eigenvalue weighted by Gasteiger charge is 2.66. The van der Waals surface area contributed by atoms with Gasteiger partial charge in [0, 0.05) is 18.5 Å². The highest BCUT2D eigenvalue weighted by Crippen LogP contribution is 2.69. The van der Waals surface area contributed by atoms with Gasteiger partial charge >= 0.3 is 0 Å². The first kappa shape index (κ1) is 25.9. The SMILES string of the molecule is C/C(=C\C1CC[C@@]2(O)[C@@H]3CCC4CC(O)CC[C@]4(C)[C@@H]3CC[C@]12C)CNOCCCN=C(N)N. The number of hydrogen-bond donors (Lipinski definition) is 5. The van der Waals surface area contributed by atoms with E-state index in [0.717, 1.165) is 57.8 Å². The van der Waals surface area contributed by atoms with E-state index in [1.54, 1.807) is 0 Å². The molecule has 0 spiro atoms. The highest BCUT2D eigenvalue weighted by molar-refractivity contribution is 5.75. The van der Waals surface area contributed by atoms with Crippen LogP contribution in [0.1, 0.15) is 85.0 Å². The fraction of sp³-hybridized carbons (Fsp3) is 0.889. The summed E-state index contributed by atoms with van der Waals surface area (Å²) in [6.45, 7) is 8.80. The number of allylic oxidation sites excluding steroid dienone is 1. The molecule has 3 unspecified atom stereocenters. The molecule has 0 radical (unpaired) electrons. The fourth-order valence-corrected chi connectivity index (χ4v) is 8.50. The van der Waals surface area contributed by atoms with E-state index in [-0.39, 0.29) is 22.9 Å². The van der Waals surface area contributed by atoms with Crippen LogP contribution in [-0.2, 0) is 4.84 Å². The highest BCUT2D eigenvalue weighted by atomic mass is 16.6. The zero-order chi connectivity index (χ0) is 24.6. The van der Waals surface area contributed by atoms with Crippen molar-refractivity contribution in [2.75, 3.05) is 19.7 Å². The Morgan fingerprint density at radius 2 is 1.88 bits per heavy atom. The molecule has 8 atom stereocenters. The molecular formula is C27H48N4O3. The standard InChI is InChI=1S/C27H48N4O3/c1-18(17-31-34-14-4-13-30-24(28)29)15-20-7-12-27(33)23-6-5-19-16-21(32)8-10-25(19,2)22(23)9-11-26(20,27)3/h15,19-23,31-33H,4-14,16-17H2,1-3H3,(H4,28,29,30)/b18-15+/t19?,20?,21?,22-,23-,25+,26-,27-/m1/s1. The van der Waals surface area contributed by atoms with Crippen LogP contribution in [0.25, 0.3) is 0 Å². The first-order valence-electron chi connectivity index (χ1n) is 13.6. The number of hydroxylamine groups is 1. The Bertz CT molecular complexity index is 784. The molecule has 7 nitrogen and oxygen atoms in total. The Kier molecular flexibility index (Phi) is 7.68. The molecule has 7 N–H and O–H groups in total. The molecule has 0 aromatic rings. The van der Waals surface area contributed by atoms with Crippen molar-refractivity contribution in [1.29, 1.82) is 0 Å². The summed E-state index contributed by atoms with van der Waals surface area (Å²) < 4.78 is 0. The average molecular weight is 477 g/mol. The van der Waals surface area contributed by atoms with Crippen molar-refractivity contribution >= 4 is 5.96 Å². The maximum absolute atomic E-state index is 12.3. The molecule has 4 aliphatic carbocycles. The van der Waals surface area contributed by atoms with Gasteiger partial charge < -0.3 is 26.5 Å². The second kappa shape index (κ2) is 10.1. The van der Waals surface area contributed by atoms with Gasteiger partial charge in [-0.1, -0.05) is 25.5 Å². The summed E-state index contributed by atoms with van der Waals surface area (Å²) in [6.07, 6.45) is 12.6. The molecule has 0 bridgehead atoms. The minimum absolute atomic E-state index is 0.0617. The predicted molar refractivity (Wildman–Crippen MR) is 136 cm³/mol. The first-order chi connectivity index (χ1) is 16.1. The number of hydrogen-bond acceptors (Lipinski definition) is 5. The molecule has 34 heavy (non-hydrogen) atoms. The Morgan fingerprint density at radius 1 is 1.09 bits per heavy atom. The maximum atomic E-state index is 12.3. The van der Waals surface area contributed by atoms with Gasteiger partial charge in [0.1, 0.15) is 0 Å². The summed E-state index contributed by atoms with van der Waals surface area (Å²) in [7, 11) is 0. The molecule has 0 saturated heterocycles. The van der Waals surface area contributed by atoms with Gasteiger partial charge in [0.25, 0.3) is 0 Å². The fourth-order valence-electron chi connectivity index (χ4n) is 8.50. The van der Waals surface area contributed by atoms with E-state index in [1.807, 2.05) is 0 Å². The number of guanidine groups is 1. The summed E-state index contributed by atoms with van der Waals surface area (Å²) in [5.41, 5.74) is 14.6. The summed E-state index contributed by atoms with van der Waals surface area (Å²) in [4.78, 5) is 9.49. The van der Waals surface area contributed by atoms with E-state index < -0.39 is 5.60 Å². The second-order valence-electron chi connectivity index (χ2n) is 12.3. The molecule has 0 aromatic carbocycles. The van der Waals surface area contributed by atoms with Gasteiger partial charge in [-0.15, -0.1) is 0 Å². The Balaban J connectivity index is 1.36. The van der Waals surface area contributed by atoms with E-state index >= 15 is 0 Å². The van der Waals surface area contributed by atoms with Crippen molar-refractivity contribution in [3.05, 3.63) is 11.6 Å². The second-order valence-corrected chi connectivity index (χ2v) is 12.3. The first-order valence-corrected chi connectivity index (χ1v) is 13.6. The molecule has 194 valence electrons. The van der Waals surface area contributed by atoms with Crippen molar-refractivity contribution in [2.45, 2.75) is 96.7 Å². The molecule has 4 rings (SSSR count). The van der Waals surface area contributed by atoms with E-state index in [4.69, 9.17) is 16.3 Å². The lowest BCUT2D eigenvalue weighted by Gasteiger charge is -2.63. The van der Waals surface area contributed by atoms with E-state index in [9.17, 15) is 10.2 Å². The Hall–Kier alpha value is -1.15. The molecule has 0 amide bonds. The van der Waals surface area contributed by atoms with Crippen molar-refractivity contribution in [2.24, 2.45) is 51.0 Å². The summed E-state index contributed by atoms with van der Waals surface area (Å²) in [5.74, 6) is 2.13. The van der Waals surface area contributed by atoms with Crippen LogP contribution in [0.15, 0.2) is 16.6 Å². The average Bonchev–Trinajstić information content (AvgIpc) is 3.04. The Morgan fingerprint density at radius 3 is 2.65 bits per heavy atom. The molecule has 0 heterocycles. The third-order valence-corrected chi connectivity index (χ3v) is 10.5. The smallest absolute Gasteiger partial charge is 0.185 e. The van der Waals surface area contributed by atoms with Crippen LogP contribution in [0, 0.1) is 34.5 Å². The monoisotopic (exact) mass is 476 g/mol. The van der Waals surface area contributed by atoms with Gasteiger partial charge in [-0.05, 0) is 100 Å². The lowest BCUT2D eigenvalue weighted by molar-refractivity contribution is -0.207. The number of fused-ring (bicyclic) bond motifs is 5. The molecule has 7 heteroatoms. The number of rotatable bonds is 8. The number of aliphatic hydroxyl groups excluding tert-OH is 1. The van der Waals surface area contributed by atoms with E-state index in [0.29, 0.717) is 43.4 Å². The van der Waals surface area contributed by atoms with Crippen molar-refractivity contribution in [3.8, 4) is 0 Å². The lowest BCUT2D eigenvalue weighted by Crippen LogP contribution is -2.62. The van der Waals surface area contributed by atoms with Gasteiger partial charge in [0.05, 0.1) is 18.3 Å². The molecule has 4 fully saturated rings. The summed E-state index contributed by atoms with van der Waals surface area (Å²) in [6, 6.07) is 0. The van der Waals surface area contributed by atoms with E-state index in [2.05, 4.69) is 37.3 Å². The molecular weight excluding hydrogens is 428 g/mol. The van der Waals surface area contributed by atoms with Gasteiger partial charge in [-0.2, -0.15) is 5.48 Å². The van der Waals surface area contributed by atoms with Crippen LogP contribution in [-0.4, -0.2) is 47.6 Å². The minimum atomic E-state index is -0.573. The largest absolute Gasteiger partial charge is 0.393 e. The number of aliphatic imine (C=N–C) groups is 1. The van der Waals surface area contributed by atoms with Gasteiger partial charge in [-0.3, -0.25) is 4.99 Å². The van der Waals surface area contributed by atoms with Gasteiger partial charge in [0.2, 0.25) is 0 Å². The van der Waals surface area contributed by atoms with Crippen molar-refractivity contribution < 1.29 is 15.1 Å². The minimum Gasteiger partial charge on any atom is -0.393 e. The predicted octanol–water partition coefficient (Wildman–Crippen LogP) is 3.25. The normalized spacial score (nSPS) is 44.1. The summed E-state index contributed by atoms with van der Waals surface area (Å²) in [5, 5.41) is 22.6. The number of nitrogens with zero attached hydrogens (tertiary/aromatic N) is 1. The van der Waals surface area contributed by atoms with Crippen molar-refractivity contribution in [1.82, 2.24) is 5.48 Å². The Labute approximate surface area is 205 Å². The van der Waals surface area contributed by atoms with Crippen LogP contribution in [0.4, 0.5) is 0 Å². The maximum Gasteiger partial charge on any atom is 0.185 e. The van der Waals surface area contributed by atoms with Gasteiger partial charge in [-0.25, -0.2) is 0 Å². The third-order valence-electron chi connectivity index (χ3n) is 10.5. The molecule has 0 aliphatic heterocycles. The zero-order valence-electron chi connectivity index (χ0n) is 21.6. The number of nitrogens with two attached hydrogens (primary N) is 2. The van der Waals surface area contributed by atoms with Crippen molar-refractivity contribution in [3.63, 3.8) is 0 Å². The van der Waals surface area contributed by atoms with Crippen LogP contribution < -0.4 is 16.9 Å². The topological polar surface area (TPSA) is 126 Å². The molecule has 4 aliphatic rings. The lowest BCUT2D eigenvalue weighted by atomic mass is 9.43. The van der Waals surface area contributed by atoms with Crippen LogP contribution in [0.2, 0.25) is 0 Å². The van der Waals surface area contributed by atoms with Crippen LogP contribution in [0.5, 0.6) is 0 Å². The van der Waals surface area contributed by atoms with E-state index in [1.165, 1.54) is 12.0 Å². The summed E-state index contributed by atoms with van der Waals surface area (Å²) >= 11 is 0. The van der Waals surface area contributed by atoms with Crippen LogP contribution in [0.3, 0.4) is 0 Å². The zero-order valence-corrected chi connectivity index (χ0v) is 21.6.